The molecule has 21 heavy (non-hydrogen) atoms. The van der Waals surface area contributed by atoms with E-state index in [1.54, 1.807) is 0 Å². The van der Waals surface area contributed by atoms with Crippen molar-refractivity contribution in [2.45, 2.75) is 12.8 Å². The smallest absolute Gasteiger partial charge is 0.235 e. The van der Waals surface area contributed by atoms with Gasteiger partial charge in [-0.2, -0.15) is 0 Å². The summed E-state index contributed by atoms with van der Waals surface area (Å²) in [7, 11) is 0. The number of halogens is 1. The molecule has 0 unspecified atom stereocenters. The third-order valence-corrected chi connectivity index (χ3v) is 3.42. The van der Waals surface area contributed by atoms with Gasteiger partial charge in [-0.25, -0.2) is 4.90 Å². The van der Waals surface area contributed by atoms with Crippen molar-refractivity contribution in [2.75, 3.05) is 15.5 Å². The normalized spacial score (nSPS) is 14.4. The van der Waals surface area contributed by atoms with E-state index in [2.05, 4.69) is 21.2 Å². The van der Waals surface area contributed by atoms with E-state index in [0.717, 1.165) is 4.90 Å². The SMILES string of the molecule is O=C(CBr)Nc1ccc(C(=O)[O-])c(N2C(=O)CCC2=O)c1. The van der Waals surface area contributed by atoms with E-state index in [-0.39, 0.29) is 41.0 Å². The number of benzene rings is 1. The molecular formula is C13H10BrN2O5-. The number of nitrogens with zero attached hydrogens (tertiary/aromatic N) is 1. The first kappa shape index (κ1) is 15.2. The van der Waals surface area contributed by atoms with Crippen LogP contribution in [0.4, 0.5) is 11.4 Å². The van der Waals surface area contributed by atoms with Crippen LogP contribution in [0.3, 0.4) is 0 Å². The lowest BCUT2D eigenvalue weighted by molar-refractivity contribution is -0.254. The molecule has 8 heteroatoms. The fourth-order valence-electron chi connectivity index (χ4n) is 2.01. The Bertz CT molecular complexity index is 627. The Labute approximate surface area is 128 Å². The number of hydrogen-bond acceptors (Lipinski definition) is 5. The van der Waals surface area contributed by atoms with Crippen molar-refractivity contribution in [2.24, 2.45) is 0 Å². The summed E-state index contributed by atoms with van der Waals surface area (Å²) in [5.74, 6) is -2.81. The Morgan fingerprint density at radius 3 is 2.38 bits per heavy atom. The number of hydrogen-bond donors (Lipinski definition) is 1. The second kappa shape index (κ2) is 6.04. The van der Waals surface area contributed by atoms with Gasteiger partial charge in [0.15, 0.2) is 0 Å². The summed E-state index contributed by atoms with van der Waals surface area (Å²) in [5, 5.41) is 13.7. The molecule has 7 nitrogen and oxygen atoms in total. The van der Waals surface area contributed by atoms with Crippen LogP contribution < -0.4 is 15.3 Å². The molecule has 0 aromatic heterocycles. The highest BCUT2D eigenvalue weighted by molar-refractivity contribution is 9.09. The van der Waals surface area contributed by atoms with E-state index in [1.807, 2.05) is 0 Å². The first-order valence-corrected chi connectivity index (χ1v) is 7.13. The molecule has 0 spiro atoms. The fourth-order valence-corrected chi connectivity index (χ4v) is 2.15. The molecule has 1 aromatic carbocycles. The molecule has 0 radical (unpaired) electrons. The maximum absolute atomic E-state index is 11.7. The lowest BCUT2D eigenvalue weighted by atomic mass is 10.1. The molecule has 0 atom stereocenters. The van der Waals surface area contributed by atoms with E-state index in [9.17, 15) is 24.3 Å². The number of aromatic carboxylic acids is 1. The van der Waals surface area contributed by atoms with Gasteiger partial charge in [0, 0.05) is 24.1 Å². The minimum Gasteiger partial charge on any atom is -0.545 e. The monoisotopic (exact) mass is 353 g/mol. The molecule has 0 saturated carbocycles. The highest BCUT2D eigenvalue weighted by Gasteiger charge is 2.32. The highest BCUT2D eigenvalue weighted by atomic mass is 79.9. The zero-order valence-corrected chi connectivity index (χ0v) is 12.3. The Balaban J connectivity index is 2.47. The second-order valence-electron chi connectivity index (χ2n) is 4.32. The fraction of sp³-hybridized carbons (Fsp3) is 0.231. The van der Waals surface area contributed by atoms with Crippen molar-refractivity contribution in [3.05, 3.63) is 23.8 Å². The molecule has 1 aliphatic rings. The number of carbonyl (C=O) groups excluding carboxylic acids is 4. The van der Waals surface area contributed by atoms with Gasteiger partial charge in [0.25, 0.3) is 0 Å². The molecule has 1 aromatic rings. The Hall–Kier alpha value is -2.22. The number of nitrogens with one attached hydrogen (secondary N) is 1. The van der Waals surface area contributed by atoms with Gasteiger partial charge in [0.1, 0.15) is 0 Å². The number of alkyl halides is 1. The highest BCUT2D eigenvalue weighted by Crippen LogP contribution is 2.29. The summed E-state index contributed by atoms with van der Waals surface area (Å²) in [6.07, 6.45) is 0.0621. The van der Waals surface area contributed by atoms with E-state index < -0.39 is 17.8 Å². The molecular weight excluding hydrogens is 344 g/mol. The second-order valence-corrected chi connectivity index (χ2v) is 4.88. The largest absolute Gasteiger partial charge is 0.545 e. The zero-order valence-electron chi connectivity index (χ0n) is 10.7. The van der Waals surface area contributed by atoms with Crippen LogP contribution in [0.5, 0.6) is 0 Å². The lowest BCUT2D eigenvalue weighted by Crippen LogP contribution is -2.33. The minimum atomic E-state index is -1.50. The van der Waals surface area contributed by atoms with Gasteiger partial charge in [-0.1, -0.05) is 15.9 Å². The predicted molar refractivity (Wildman–Crippen MR) is 74.9 cm³/mol. The van der Waals surface area contributed by atoms with Crippen LogP contribution in [0.2, 0.25) is 0 Å². The van der Waals surface area contributed by atoms with Crippen LogP contribution >= 0.6 is 15.9 Å². The van der Waals surface area contributed by atoms with Crippen LogP contribution in [0, 0.1) is 0 Å². The Morgan fingerprint density at radius 1 is 1.24 bits per heavy atom. The van der Waals surface area contributed by atoms with Crippen molar-refractivity contribution >= 4 is 51.0 Å². The van der Waals surface area contributed by atoms with Crippen molar-refractivity contribution in [3.63, 3.8) is 0 Å². The van der Waals surface area contributed by atoms with Gasteiger partial charge < -0.3 is 15.2 Å². The molecule has 2 rings (SSSR count). The lowest BCUT2D eigenvalue weighted by Gasteiger charge is -2.20. The maximum atomic E-state index is 11.7. The molecule has 1 saturated heterocycles. The molecule has 1 fully saturated rings. The number of rotatable bonds is 4. The number of anilines is 2. The average Bonchev–Trinajstić information content (AvgIpc) is 2.77. The van der Waals surface area contributed by atoms with Crippen LogP contribution in [0.25, 0.3) is 0 Å². The standard InChI is InChI=1S/C13H11BrN2O5/c14-6-10(17)15-7-1-2-8(13(20)21)9(5-7)16-11(18)3-4-12(16)19/h1-2,5H,3-4,6H2,(H,15,17)(H,20,21)/p-1. The van der Waals surface area contributed by atoms with Crippen LogP contribution in [0.15, 0.2) is 18.2 Å². The van der Waals surface area contributed by atoms with Crippen molar-refractivity contribution in [3.8, 4) is 0 Å². The third-order valence-electron chi connectivity index (χ3n) is 2.92. The maximum Gasteiger partial charge on any atom is 0.235 e. The van der Waals surface area contributed by atoms with E-state index in [0.29, 0.717) is 0 Å². The molecule has 0 bridgehead atoms. The number of carbonyl (C=O) groups is 4. The minimum absolute atomic E-state index is 0.0311. The van der Waals surface area contributed by atoms with Crippen molar-refractivity contribution < 1.29 is 24.3 Å². The average molecular weight is 354 g/mol. The van der Waals surface area contributed by atoms with Gasteiger partial charge >= 0.3 is 0 Å². The van der Waals surface area contributed by atoms with Gasteiger partial charge in [-0.15, -0.1) is 0 Å². The molecule has 1 heterocycles. The van der Waals surface area contributed by atoms with Gasteiger partial charge in [-0.05, 0) is 18.2 Å². The summed E-state index contributed by atoms with van der Waals surface area (Å²) in [6.45, 7) is 0. The van der Waals surface area contributed by atoms with Crippen LogP contribution in [-0.4, -0.2) is 29.0 Å². The molecule has 1 N–H and O–H groups in total. The van der Waals surface area contributed by atoms with Crippen molar-refractivity contribution in [1.29, 1.82) is 0 Å². The summed E-state index contributed by atoms with van der Waals surface area (Å²) in [6, 6.07) is 3.82. The summed E-state index contributed by atoms with van der Waals surface area (Å²) in [5.41, 5.74) is -0.0859. The Morgan fingerprint density at radius 2 is 1.86 bits per heavy atom. The summed E-state index contributed by atoms with van der Waals surface area (Å²) >= 11 is 2.98. The number of carboxylic acid groups (broad SMARTS) is 1. The zero-order chi connectivity index (χ0) is 15.6. The van der Waals surface area contributed by atoms with Gasteiger partial charge in [-0.3, -0.25) is 14.4 Å². The Kier molecular flexibility index (Phi) is 4.37. The van der Waals surface area contributed by atoms with Crippen molar-refractivity contribution in [1.82, 2.24) is 0 Å². The molecule has 1 aliphatic heterocycles. The molecule has 3 amide bonds. The third kappa shape index (κ3) is 3.10. The van der Waals surface area contributed by atoms with E-state index >= 15 is 0 Å². The quantitative estimate of drug-likeness (QED) is 0.607. The molecule has 0 aliphatic carbocycles. The number of carboxylic acids is 1. The predicted octanol–water partition coefficient (Wildman–Crippen LogP) is 0.0369. The van der Waals surface area contributed by atoms with Crippen LogP contribution in [-0.2, 0) is 14.4 Å². The molecule has 110 valence electrons. The van der Waals surface area contributed by atoms with Gasteiger partial charge in [0.2, 0.25) is 17.7 Å². The van der Waals surface area contributed by atoms with Gasteiger partial charge in [0.05, 0.1) is 17.0 Å². The van der Waals surface area contributed by atoms with E-state index in [1.165, 1.54) is 18.2 Å². The number of amides is 3. The van der Waals surface area contributed by atoms with Crippen LogP contribution in [0.1, 0.15) is 23.2 Å². The topological polar surface area (TPSA) is 107 Å². The number of imide groups is 1. The first-order valence-electron chi connectivity index (χ1n) is 6.01. The summed E-state index contributed by atoms with van der Waals surface area (Å²) < 4.78 is 0. The summed E-state index contributed by atoms with van der Waals surface area (Å²) in [4.78, 5) is 46.8. The first-order chi connectivity index (χ1) is 9.93. The van der Waals surface area contributed by atoms with E-state index in [4.69, 9.17) is 0 Å².